The maximum Gasteiger partial charge on any atom is 0.266 e. The minimum absolute atomic E-state index is 0.00861. The second kappa shape index (κ2) is 6.43. The summed E-state index contributed by atoms with van der Waals surface area (Å²) < 4.78 is 11.0. The highest BCUT2D eigenvalue weighted by Gasteiger charge is 2.26. The first-order chi connectivity index (χ1) is 11.1. The quantitative estimate of drug-likeness (QED) is 0.639. The van der Waals surface area contributed by atoms with Crippen molar-refractivity contribution in [3.8, 4) is 11.5 Å². The second-order valence-electron chi connectivity index (χ2n) is 5.17. The fourth-order valence-corrected chi connectivity index (χ4v) is 2.34. The lowest BCUT2D eigenvalue weighted by Crippen LogP contribution is -2.40. The molecule has 4 N–H and O–H groups in total. The van der Waals surface area contributed by atoms with Gasteiger partial charge in [-0.05, 0) is 30.7 Å². The van der Waals surface area contributed by atoms with Crippen LogP contribution in [0.2, 0.25) is 0 Å². The smallest absolute Gasteiger partial charge is 0.266 e. The Morgan fingerprint density at radius 1 is 1.26 bits per heavy atom. The molecule has 1 aliphatic heterocycles. The Labute approximate surface area is 133 Å². The predicted octanol–water partition coefficient (Wildman–Crippen LogP) is 1.44. The number of fused-ring (bicyclic) bond motifs is 1. The van der Waals surface area contributed by atoms with Gasteiger partial charge < -0.3 is 20.9 Å². The summed E-state index contributed by atoms with van der Waals surface area (Å²) in [7, 11) is 0. The topological polar surface area (TPSA) is 104 Å². The fraction of sp³-hybridized carbons (Fsp3) is 0.250. The number of benzene rings is 1. The largest absolute Gasteiger partial charge is 0.493 e. The first-order valence-electron chi connectivity index (χ1n) is 7.31. The third-order valence-corrected chi connectivity index (χ3v) is 3.42. The molecule has 0 aliphatic carbocycles. The summed E-state index contributed by atoms with van der Waals surface area (Å²) in [5.74, 6) is 1.95. The third-order valence-electron chi connectivity index (χ3n) is 3.42. The van der Waals surface area contributed by atoms with Crippen LogP contribution >= 0.6 is 0 Å². The van der Waals surface area contributed by atoms with Gasteiger partial charge in [-0.25, -0.2) is 4.98 Å². The Hall–Kier alpha value is -2.96. The zero-order valence-electron chi connectivity index (χ0n) is 12.6. The number of rotatable bonds is 5. The minimum Gasteiger partial charge on any atom is -0.493 e. The van der Waals surface area contributed by atoms with E-state index < -0.39 is 0 Å². The molecule has 0 bridgehead atoms. The van der Waals surface area contributed by atoms with Crippen LogP contribution in [0.25, 0.3) is 0 Å². The molecule has 23 heavy (non-hydrogen) atoms. The van der Waals surface area contributed by atoms with Crippen LogP contribution in [-0.2, 0) is 4.79 Å². The molecule has 120 valence electrons. The predicted molar refractivity (Wildman–Crippen MR) is 87.5 cm³/mol. The van der Waals surface area contributed by atoms with Crippen LogP contribution in [0.5, 0.6) is 11.5 Å². The summed E-state index contributed by atoms with van der Waals surface area (Å²) in [5, 5.41) is 0. The van der Waals surface area contributed by atoms with Crippen LogP contribution in [0.1, 0.15) is 6.42 Å². The van der Waals surface area contributed by atoms with Crippen molar-refractivity contribution in [1.29, 1.82) is 0 Å². The van der Waals surface area contributed by atoms with Gasteiger partial charge in [0.2, 0.25) is 0 Å². The second-order valence-corrected chi connectivity index (χ2v) is 5.17. The van der Waals surface area contributed by atoms with Crippen molar-refractivity contribution in [3.63, 3.8) is 0 Å². The van der Waals surface area contributed by atoms with Crippen molar-refractivity contribution in [2.24, 2.45) is 0 Å². The van der Waals surface area contributed by atoms with Crippen molar-refractivity contribution in [3.05, 3.63) is 36.4 Å². The molecule has 3 rings (SSSR count). The van der Waals surface area contributed by atoms with Crippen LogP contribution < -0.4 is 25.8 Å². The molecular weight excluding hydrogens is 296 g/mol. The number of hydrogen-bond donors (Lipinski definition) is 2. The molecule has 0 radical (unpaired) electrons. The highest BCUT2D eigenvalue weighted by atomic mass is 16.5. The monoisotopic (exact) mass is 314 g/mol. The van der Waals surface area contributed by atoms with Crippen molar-refractivity contribution in [1.82, 2.24) is 4.98 Å². The molecule has 7 nitrogen and oxygen atoms in total. The SMILES string of the molecule is Nc1cccc(OCCCN2C(=O)COc3ccc(N)nc32)c1. The number of nitrogen functional groups attached to an aromatic ring is 2. The van der Waals surface area contributed by atoms with E-state index in [4.69, 9.17) is 20.9 Å². The van der Waals surface area contributed by atoms with Crippen LogP contribution in [-0.4, -0.2) is 30.6 Å². The highest BCUT2D eigenvalue weighted by molar-refractivity contribution is 5.96. The Morgan fingerprint density at radius 2 is 2.13 bits per heavy atom. The minimum atomic E-state index is -0.139. The summed E-state index contributed by atoms with van der Waals surface area (Å²) in [5.41, 5.74) is 12.0. The molecule has 0 atom stereocenters. The van der Waals surface area contributed by atoms with Crippen molar-refractivity contribution >= 4 is 23.2 Å². The Bertz CT molecular complexity index is 720. The normalized spacial score (nSPS) is 13.4. The molecule has 0 saturated heterocycles. The van der Waals surface area contributed by atoms with E-state index in [0.29, 0.717) is 48.4 Å². The highest BCUT2D eigenvalue weighted by Crippen LogP contribution is 2.30. The van der Waals surface area contributed by atoms with Crippen molar-refractivity contribution in [2.75, 3.05) is 36.1 Å². The van der Waals surface area contributed by atoms with E-state index in [-0.39, 0.29) is 12.5 Å². The van der Waals surface area contributed by atoms with Gasteiger partial charge in [0.15, 0.2) is 18.2 Å². The number of carbonyl (C=O) groups excluding carboxylic acids is 1. The number of aromatic nitrogens is 1. The molecule has 7 heteroatoms. The molecule has 2 heterocycles. The lowest BCUT2D eigenvalue weighted by atomic mass is 10.3. The van der Waals surface area contributed by atoms with Gasteiger partial charge in [-0.15, -0.1) is 0 Å². The summed E-state index contributed by atoms with van der Waals surface area (Å²) in [6.45, 7) is 0.953. The van der Waals surface area contributed by atoms with Crippen LogP contribution in [0.4, 0.5) is 17.3 Å². The van der Waals surface area contributed by atoms with Gasteiger partial charge >= 0.3 is 0 Å². The van der Waals surface area contributed by atoms with E-state index >= 15 is 0 Å². The van der Waals surface area contributed by atoms with Gasteiger partial charge in [0.25, 0.3) is 5.91 Å². The number of nitrogens with two attached hydrogens (primary N) is 2. The molecule has 1 aromatic heterocycles. The van der Waals surface area contributed by atoms with E-state index in [0.717, 1.165) is 0 Å². The number of hydrogen-bond acceptors (Lipinski definition) is 6. The van der Waals surface area contributed by atoms with Gasteiger partial charge in [-0.3, -0.25) is 9.69 Å². The first kappa shape index (κ1) is 15.0. The van der Waals surface area contributed by atoms with Crippen LogP contribution in [0, 0.1) is 0 Å². The molecular formula is C16H18N4O3. The molecule has 2 aromatic rings. The molecule has 1 amide bonds. The number of amides is 1. The molecule has 0 spiro atoms. The molecule has 1 aliphatic rings. The van der Waals surface area contributed by atoms with E-state index in [1.807, 2.05) is 12.1 Å². The summed E-state index contributed by atoms with van der Waals surface area (Å²) >= 11 is 0. The number of anilines is 3. The van der Waals surface area contributed by atoms with Crippen LogP contribution in [0.15, 0.2) is 36.4 Å². The first-order valence-corrected chi connectivity index (χ1v) is 7.31. The van der Waals surface area contributed by atoms with E-state index in [2.05, 4.69) is 4.98 Å². The fourth-order valence-electron chi connectivity index (χ4n) is 2.34. The Morgan fingerprint density at radius 3 is 2.96 bits per heavy atom. The summed E-state index contributed by atoms with van der Waals surface area (Å²) in [6.07, 6.45) is 0.649. The Balaban J connectivity index is 1.60. The summed E-state index contributed by atoms with van der Waals surface area (Å²) in [6, 6.07) is 10.6. The van der Waals surface area contributed by atoms with E-state index in [9.17, 15) is 4.79 Å². The molecule has 0 saturated carbocycles. The maximum atomic E-state index is 12.0. The van der Waals surface area contributed by atoms with Crippen molar-refractivity contribution < 1.29 is 14.3 Å². The van der Waals surface area contributed by atoms with Gasteiger partial charge in [0.1, 0.15) is 11.6 Å². The standard InChI is InChI=1S/C16H18N4O3/c17-11-3-1-4-12(9-11)22-8-2-7-20-15(21)10-23-13-5-6-14(18)19-16(13)20/h1,3-6,9H,2,7-8,10,17H2,(H2,18,19). The summed E-state index contributed by atoms with van der Waals surface area (Å²) in [4.78, 5) is 17.8. The van der Waals surface area contributed by atoms with Gasteiger partial charge in [-0.2, -0.15) is 0 Å². The van der Waals surface area contributed by atoms with Gasteiger partial charge in [0, 0.05) is 18.3 Å². The molecule has 0 unspecified atom stereocenters. The van der Waals surface area contributed by atoms with Crippen LogP contribution in [0.3, 0.4) is 0 Å². The zero-order chi connectivity index (χ0) is 16.2. The maximum absolute atomic E-state index is 12.0. The van der Waals surface area contributed by atoms with Gasteiger partial charge in [0.05, 0.1) is 6.61 Å². The third kappa shape index (κ3) is 3.45. The average molecular weight is 314 g/mol. The Kier molecular flexibility index (Phi) is 4.18. The number of ether oxygens (including phenoxy) is 2. The number of pyridine rings is 1. The lowest BCUT2D eigenvalue weighted by Gasteiger charge is -2.28. The zero-order valence-corrected chi connectivity index (χ0v) is 12.6. The molecule has 0 fully saturated rings. The van der Waals surface area contributed by atoms with Gasteiger partial charge in [-0.1, -0.05) is 6.07 Å². The number of carbonyl (C=O) groups is 1. The molecule has 1 aromatic carbocycles. The van der Waals surface area contributed by atoms with E-state index in [1.54, 1.807) is 29.2 Å². The number of nitrogens with zero attached hydrogens (tertiary/aromatic N) is 2. The lowest BCUT2D eigenvalue weighted by molar-refractivity contribution is -0.121. The average Bonchev–Trinajstić information content (AvgIpc) is 2.53. The van der Waals surface area contributed by atoms with E-state index in [1.165, 1.54) is 0 Å². The van der Waals surface area contributed by atoms with Crippen molar-refractivity contribution in [2.45, 2.75) is 6.42 Å².